The fourth-order valence-corrected chi connectivity index (χ4v) is 1.90. The molecule has 5 nitrogen and oxygen atoms in total. The van der Waals surface area contributed by atoms with Crippen LogP contribution in [0.2, 0.25) is 0 Å². The van der Waals surface area contributed by atoms with Gasteiger partial charge in [0.05, 0.1) is 5.69 Å². The molecule has 0 saturated carbocycles. The van der Waals surface area contributed by atoms with Crippen molar-refractivity contribution in [1.29, 1.82) is 0 Å². The minimum atomic E-state index is -0.611. The molecular formula is C16H24FN3O2. The van der Waals surface area contributed by atoms with Crippen molar-refractivity contribution in [2.45, 2.75) is 26.7 Å². The number of hydrogen-bond acceptors (Lipinski definition) is 3. The number of anilines is 1. The van der Waals surface area contributed by atoms with E-state index in [0.717, 1.165) is 19.0 Å². The zero-order valence-corrected chi connectivity index (χ0v) is 13.3. The number of benzene rings is 1. The average molecular weight is 309 g/mol. The Kier molecular flexibility index (Phi) is 7.52. The molecule has 0 fully saturated rings. The highest BCUT2D eigenvalue weighted by Crippen LogP contribution is 2.16. The molecule has 122 valence electrons. The summed E-state index contributed by atoms with van der Waals surface area (Å²) in [5, 5.41) is 8.21. The number of carbonyl (C=O) groups is 2. The molecule has 0 heterocycles. The molecular weight excluding hydrogens is 285 g/mol. The van der Waals surface area contributed by atoms with Gasteiger partial charge in [-0.2, -0.15) is 0 Å². The van der Waals surface area contributed by atoms with Gasteiger partial charge in [0.15, 0.2) is 0 Å². The van der Waals surface area contributed by atoms with E-state index in [1.165, 1.54) is 12.1 Å². The van der Waals surface area contributed by atoms with Gasteiger partial charge in [-0.15, -0.1) is 0 Å². The second-order valence-corrected chi connectivity index (χ2v) is 5.55. The summed E-state index contributed by atoms with van der Waals surface area (Å²) in [6, 6.07) is 4.05. The Labute approximate surface area is 130 Å². The molecule has 0 aliphatic rings. The van der Waals surface area contributed by atoms with Crippen LogP contribution >= 0.6 is 0 Å². The van der Waals surface area contributed by atoms with Crippen molar-refractivity contribution in [3.05, 3.63) is 29.6 Å². The smallest absolute Gasteiger partial charge is 0.251 e. The van der Waals surface area contributed by atoms with Crippen molar-refractivity contribution in [3.63, 3.8) is 0 Å². The van der Waals surface area contributed by atoms with Crippen molar-refractivity contribution in [2.75, 3.05) is 25.5 Å². The first-order valence-electron chi connectivity index (χ1n) is 7.46. The number of halogens is 1. The molecule has 0 unspecified atom stereocenters. The van der Waals surface area contributed by atoms with Gasteiger partial charge in [0, 0.05) is 18.5 Å². The Morgan fingerprint density at radius 1 is 1.23 bits per heavy atom. The first-order chi connectivity index (χ1) is 10.4. The maximum absolute atomic E-state index is 13.9. The first-order valence-corrected chi connectivity index (χ1v) is 7.46. The molecule has 0 spiro atoms. The third-order valence-corrected chi connectivity index (χ3v) is 2.99. The van der Waals surface area contributed by atoms with E-state index in [2.05, 4.69) is 16.0 Å². The molecule has 0 radical (unpaired) electrons. The van der Waals surface area contributed by atoms with Crippen molar-refractivity contribution >= 4 is 17.5 Å². The van der Waals surface area contributed by atoms with Crippen LogP contribution in [0.1, 0.15) is 37.0 Å². The van der Waals surface area contributed by atoms with Crippen LogP contribution in [0.5, 0.6) is 0 Å². The lowest BCUT2D eigenvalue weighted by Gasteiger charge is -2.10. The quantitative estimate of drug-likeness (QED) is 0.644. The normalized spacial score (nSPS) is 10.6. The van der Waals surface area contributed by atoms with E-state index in [4.69, 9.17) is 0 Å². The standard InChI is InChI=1S/C16H24FN3O2/c1-11(2)9-15(21)20-14-6-5-12(10-13(14)17)16(22)19-8-4-7-18-3/h5-6,10-11,18H,4,7-9H2,1-3H3,(H,19,22)(H,20,21). The summed E-state index contributed by atoms with van der Waals surface area (Å²) in [6.07, 6.45) is 1.13. The molecule has 6 heteroatoms. The Bertz CT molecular complexity index is 518. The first kappa shape index (κ1) is 18.1. The SMILES string of the molecule is CNCCCNC(=O)c1ccc(NC(=O)CC(C)C)c(F)c1. The van der Waals surface area contributed by atoms with Crippen LogP contribution in [0.3, 0.4) is 0 Å². The van der Waals surface area contributed by atoms with E-state index < -0.39 is 5.82 Å². The molecule has 1 aromatic carbocycles. The number of nitrogens with one attached hydrogen (secondary N) is 3. The average Bonchev–Trinajstić information content (AvgIpc) is 2.44. The van der Waals surface area contributed by atoms with Gasteiger partial charge < -0.3 is 16.0 Å². The van der Waals surface area contributed by atoms with E-state index in [0.29, 0.717) is 13.0 Å². The van der Waals surface area contributed by atoms with Crippen LogP contribution in [-0.4, -0.2) is 32.0 Å². The monoisotopic (exact) mass is 309 g/mol. The molecule has 0 bridgehead atoms. The van der Waals surface area contributed by atoms with Gasteiger partial charge in [0.1, 0.15) is 5.82 Å². The summed E-state index contributed by atoms with van der Waals surface area (Å²) < 4.78 is 13.9. The van der Waals surface area contributed by atoms with Gasteiger partial charge in [0.25, 0.3) is 5.91 Å². The van der Waals surface area contributed by atoms with E-state index in [1.807, 2.05) is 20.9 Å². The molecule has 1 rings (SSSR count). The fraction of sp³-hybridized carbons (Fsp3) is 0.500. The topological polar surface area (TPSA) is 70.2 Å². The van der Waals surface area contributed by atoms with Crippen molar-refractivity contribution < 1.29 is 14.0 Å². The second-order valence-electron chi connectivity index (χ2n) is 5.55. The maximum Gasteiger partial charge on any atom is 0.251 e. The van der Waals surface area contributed by atoms with Crippen LogP contribution < -0.4 is 16.0 Å². The van der Waals surface area contributed by atoms with Crippen LogP contribution in [-0.2, 0) is 4.79 Å². The summed E-state index contributed by atoms with van der Waals surface area (Å²) in [4.78, 5) is 23.5. The minimum Gasteiger partial charge on any atom is -0.352 e. The molecule has 2 amide bonds. The second kappa shape index (κ2) is 9.15. The minimum absolute atomic E-state index is 0.0948. The molecule has 0 aromatic heterocycles. The van der Waals surface area contributed by atoms with Crippen molar-refractivity contribution in [1.82, 2.24) is 10.6 Å². The Balaban J connectivity index is 2.61. The highest BCUT2D eigenvalue weighted by Gasteiger charge is 2.12. The largest absolute Gasteiger partial charge is 0.352 e. The van der Waals surface area contributed by atoms with Crippen molar-refractivity contribution in [3.8, 4) is 0 Å². The summed E-state index contributed by atoms with van der Waals surface area (Å²) in [5.41, 5.74) is 0.334. The summed E-state index contributed by atoms with van der Waals surface area (Å²) in [5.74, 6) is -0.973. The van der Waals surface area contributed by atoms with Crippen LogP contribution in [0.15, 0.2) is 18.2 Å². The van der Waals surface area contributed by atoms with Crippen LogP contribution in [0.4, 0.5) is 10.1 Å². The summed E-state index contributed by atoms with van der Waals surface area (Å²) in [7, 11) is 1.84. The van der Waals surface area contributed by atoms with Gasteiger partial charge in [-0.25, -0.2) is 4.39 Å². The van der Waals surface area contributed by atoms with Gasteiger partial charge in [-0.1, -0.05) is 13.8 Å². The van der Waals surface area contributed by atoms with E-state index >= 15 is 0 Å². The molecule has 3 N–H and O–H groups in total. The number of carbonyl (C=O) groups excluding carboxylic acids is 2. The fourth-order valence-electron chi connectivity index (χ4n) is 1.90. The van der Waals surface area contributed by atoms with Crippen LogP contribution in [0, 0.1) is 11.7 Å². The molecule has 0 saturated heterocycles. The Morgan fingerprint density at radius 3 is 2.55 bits per heavy atom. The molecule has 22 heavy (non-hydrogen) atoms. The molecule has 0 aliphatic carbocycles. The van der Waals surface area contributed by atoms with Gasteiger partial charge in [0.2, 0.25) is 5.91 Å². The van der Waals surface area contributed by atoms with E-state index in [-0.39, 0.29) is 29.0 Å². The summed E-state index contributed by atoms with van der Waals surface area (Å²) >= 11 is 0. The highest BCUT2D eigenvalue weighted by molar-refractivity contribution is 5.95. The number of hydrogen-bond donors (Lipinski definition) is 3. The number of rotatable bonds is 8. The van der Waals surface area contributed by atoms with Gasteiger partial charge >= 0.3 is 0 Å². The molecule has 0 aliphatic heterocycles. The zero-order chi connectivity index (χ0) is 16.5. The van der Waals surface area contributed by atoms with Crippen LogP contribution in [0.25, 0.3) is 0 Å². The highest BCUT2D eigenvalue weighted by atomic mass is 19.1. The lowest BCUT2D eigenvalue weighted by molar-refractivity contribution is -0.116. The Hall–Kier alpha value is -1.95. The predicted molar refractivity (Wildman–Crippen MR) is 85.4 cm³/mol. The van der Waals surface area contributed by atoms with Crippen molar-refractivity contribution in [2.24, 2.45) is 5.92 Å². The summed E-state index contributed by atoms with van der Waals surface area (Å²) in [6.45, 7) is 5.15. The lowest BCUT2D eigenvalue weighted by atomic mass is 10.1. The zero-order valence-electron chi connectivity index (χ0n) is 13.3. The Morgan fingerprint density at radius 2 is 1.95 bits per heavy atom. The van der Waals surface area contributed by atoms with Gasteiger partial charge in [-0.3, -0.25) is 9.59 Å². The lowest BCUT2D eigenvalue weighted by Crippen LogP contribution is -2.26. The molecule has 0 atom stereocenters. The van der Waals surface area contributed by atoms with Gasteiger partial charge in [-0.05, 0) is 44.1 Å². The number of amides is 2. The third-order valence-electron chi connectivity index (χ3n) is 2.99. The maximum atomic E-state index is 13.9. The third kappa shape index (κ3) is 6.22. The van der Waals surface area contributed by atoms with E-state index in [1.54, 1.807) is 0 Å². The van der Waals surface area contributed by atoms with E-state index in [9.17, 15) is 14.0 Å². The predicted octanol–water partition coefficient (Wildman–Crippen LogP) is 2.15. The molecule has 1 aromatic rings.